The van der Waals surface area contributed by atoms with Gasteiger partial charge in [0.05, 0.1) is 0 Å². The summed E-state index contributed by atoms with van der Waals surface area (Å²) in [4.78, 5) is 0. The molecule has 0 heterocycles. The molecule has 102 valence electrons. The fraction of sp³-hybridized carbons (Fsp3) is 0.143. The second-order valence-electron chi connectivity index (χ2n) is 3.91. The zero-order valence-electron chi connectivity index (χ0n) is 10.3. The van der Waals surface area contributed by atoms with Crippen LogP contribution in [0.3, 0.4) is 0 Å². The van der Waals surface area contributed by atoms with E-state index in [1.807, 2.05) is 36.4 Å². The Kier molecular flexibility index (Phi) is 6.50. The number of halogens is 5. The number of hydrogen-bond acceptors (Lipinski definition) is 0. The highest BCUT2D eigenvalue weighted by Crippen LogP contribution is 2.20. The van der Waals surface area contributed by atoms with Crippen LogP contribution in [-0.2, 0) is 0 Å². The van der Waals surface area contributed by atoms with Gasteiger partial charge < -0.3 is 0 Å². The van der Waals surface area contributed by atoms with Gasteiger partial charge in [0, 0.05) is 13.6 Å². The largest absolute Gasteiger partial charge is 0.207 e. The lowest BCUT2D eigenvalue weighted by Crippen LogP contribution is -1.83. The van der Waals surface area contributed by atoms with Crippen molar-refractivity contribution in [2.24, 2.45) is 0 Å². The van der Waals surface area contributed by atoms with Crippen molar-refractivity contribution in [2.45, 2.75) is 13.8 Å². The highest BCUT2D eigenvalue weighted by atomic mass is 127. The topological polar surface area (TPSA) is 0 Å². The van der Waals surface area contributed by atoms with Crippen molar-refractivity contribution in [1.82, 2.24) is 0 Å². The Morgan fingerprint density at radius 1 is 0.895 bits per heavy atom. The molecule has 0 radical (unpaired) electrons. The van der Waals surface area contributed by atoms with E-state index in [-0.39, 0.29) is 11.6 Å². The minimum Gasteiger partial charge on any atom is -0.207 e. The van der Waals surface area contributed by atoms with E-state index in [9.17, 15) is 8.78 Å². The lowest BCUT2D eigenvalue weighted by atomic mass is 10.2. The molecule has 0 unspecified atom stereocenters. The minimum absolute atomic E-state index is 0.254. The van der Waals surface area contributed by atoms with Crippen molar-refractivity contribution in [2.75, 3.05) is 0 Å². The molecule has 2 aromatic carbocycles. The summed E-state index contributed by atoms with van der Waals surface area (Å²) in [7, 11) is 0. The lowest BCUT2D eigenvalue weighted by Gasteiger charge is -1.98. The fourth-order valence-electron chi connectivity index (χ4n) is 1.19. The van der Waals surface area contributed by atoms with Crippen LogP contribution >= 0.6 is 45.8 Å². The molecular formula is C14H11Cl2F2I. The first-order chi connectivity index (χ1) is 8.81. The average Bonchev–Trinajstić information content (AvgIpc) is 2.33. The van der Waals surface area contributed by atoms with Gasteiger partial charge in [-0.3, -0.25) is 0 Å². The molecule has 0 spiro atoms. The molecular weight excluding hydrogens is 404 g/mol. The Morgan fingerprint density at radius 3 is 1.95 bits per heavy atom. The summed E-state index contributed by atoms with van der Waals surface area (Å²) >= 11 is 13.1. The van der Waals surface area contributed by atoms with Gasteiger partial charge in [-0.15, -0.1) is 0 Å². The van der Waals surface area contributed by atoms with E-state index in [0.717, 1.165) is 11.1 Å². The smallest absolute Gasteiger partial charge is 0.138 e. The predicted octanol–water partition coefficient (Wildman–Crippen LogP) is 6.18. The molecule has 0 saturated heterocycles. The summed E-state index contributed by atoms with van der Waals surface area (Å²) in [5.41, 5.74) is 1.81. The van der Waals surface area contributed by atoms with Gasteiger partial charge in [-0.1, -0.05) is 29.3 Å². The highest BCUT2D eigenvalue weighted by molar-refractivity contribution is 14.1. The molecule has 0 atom stereocenters. The third-order valence-corrected chi connectivity index (χ3v) is 3.98. The SMILES string of the molecule is Cc1cc(I)c(F)cc1Cl.Cc1ccc(F)cc1Cl. The first-order valence-corrected chi connectivity index (χ1v) is 7.17. The van der Waals surface area contributed by atoms with Crippen LogP contribution in [-0.4, -0.2) is 0 Å². The monoisotopic (exact) mass is 414 g/mol. The molecule has 2 rings (SSSR count). The minimum atomic E-state index is -0.286. The first kappa shape index (κ1) is 16.7. The van der Waals surface area contributed by atoms with Crippen molar-refractivity contribution in [3.8, 4) is 0 Å². The van der Waals surface area contributed by atoms with Crippen molar-refractivity contribution < 1.29 is 8.78 Å². The number of rotatable bonds is 0. The van der Waals surface area contributed by atoms with Crippen LogP contribution in [0.5, 0.6) is 0 Å². The van der Waals surface area contributed by atoms with Crippen LogP contribution in [0.4, 0.5) is 8.78 Å². The first-order valence-electron chi connectivity index (χ1n) is 5.34. The van der Waals surface area contributed by atoms with Crippen molar-refractivity contribution in [3.05, 3.63) is 66.7 Å². The van der Waals surface area contributed by atoms with Gasteiger partial charge in [0.1, 0.15) is 11.6 Å². The van der Waals surface area contributed by atoms with Crippen LogP contribution in [0.2, 0.25) is 10.0 Å². The molecule has 0 aliphatic rings. The van der Waals surface area contributed by atoms with E-state index < -0.39 is 0 Å². The molecule has 2 aromatic rings. The fourth-order valence-corrected chi connectivity index (χ4v) is 2.13. The van der Waals surface area contributed by atoms with Crippen LogP contribution in [0.25, 0.3) is 0 Å². The maximum Gasteiger partial charge on any atom is 0.138 e. The molecule has 19 heavy (non-hydrogen) atoms. The molecule has 0 nitrogen and oxygen atoms in total. The van der Waals surface area contributed by atoms with Gasteiger partial charge in [0.15, 0.2) is 0 Å². The summed E-state index contributed by atoms with van der Waals surface area (Å²) in [5, 5.41) is 0.966. The Morgan fingerprint density at radius 2 is 1.47 bits per heavy atom. The molecule has 0 saturated carbocycles. The Hall–Kier alpha value is -0.390. The zero-order valence-corrected chi connectivity index (χ0v) is 13.9. The van der Waals surface area contributed by atoms with Crippen LogP contribution in [0.15, 0.2) is 30.3 Å². The van der Waals surface area contributed by atoms with E-state index in [0.29, 0.717) is 13.6 Å². The lowest BCUT2D eigenvalue weighted by molar-refractivity contribution is 0.620. The van der Waals surface area contributed by atoms with Crippen LogP contribution in [0, 0.1) is 29.1 Å². The molecule has 0 aromatic heterocycles. The van der Waals surface area contributed by atoms with Crippen molar-refractivity contribution in [1.29, 1.82) is 0 Å². The summed E-state index contributed by atoms with van der Waals surface area (Å²) in [6, 6.07) is 7.40. The van der Waals surface area contributed by atoms with E-state index >= 15 is 0 Å². The van der Waals surface area contributed by atoms with Gasteiger partial charge in [-0.2, -0.15) is 0 Å². The number of hydrogen-bond donors (Lipinski definition) is 0. The Balaban J connectivity index is 0.000000191. The van der Waals surface area contributed by atoms with Crippen molar-refractivity contribution in [3.63, 3.8) is 0 Å². The van der Waals surface area contributed by atoms with E-state index in [1.54, 1.807) is 12.1 Å². The maximum atomic E-state index is 12.7. The van der Waals surface area contributed by atoms with Crippen LogP contribution < -0.4 is 0 Å². The number of aryl methyl sites for hydroxylation is 2. The van der Waals surface area contributed by atoms with Crippen LogP contribution in [0.1, 0.15) is 11.1 Å². The quantitative estimate of drug-likeness (QED) is 0.356. The van der Waals surface area contributed by atoms with Gasteiger partial charge >= 0.3 is 0 Å². The van der Waals surface area contributed by atoms with Gasteiger partial charge in [-0.05, 0) is 71.8 Å². The molecule has 0 aliphatic carbocycles. The summed E-state index contributed by atoms with van der Waals surface area (Å²) in [6.07, 6.45) is 0. The van der Waals surface area contributed by atoms with E-state index in [4.69, 9.17) is 23.2 Å². The average molecular weight is 415 g/mol. The molecule has 5 heteroatoms. The second kappa shape index (κ2) is 7.41. The number of benzene rings is 2. The predicted molar refractivity (Wildman–Crippen MR) is 85.0 cm³/mol. The van der Waals surface area contributed by atoms with Crippen molar-refractivity contribution >= 4 is 45.8 Å². The summed E-state index contributed by atoms with van der Waals surface area (Å²) in [5.74, 6) is -0.540. The zero-order chi connectivity index (χ0) is 14.6. The van der Waals surface area contributed by atoms with E-state index in [2.05, 4.69) is 0 Å². The van der Waals surface area contributed by atoms with Gasteiger partial charge in [0.2, 0.25) is 0 Å². The second-order valence-corrected chi connectivity index (χ2v) is 5.89. The summed E-state index contributed by atoms with van der Waals surface area (Å²) in [6.45, 7) is 3.69. The molecule has 0 bridgehead atoms. The molecule has 0 aliphatic heterocycles. The highest BCUT2D eigenvalue weighted by Gasteiger charge is 2.01. The van der Waals surface area contributed by atoms with Gasteiger partial charge in [-0.25, -0.2) is 8.78 Å². The Labute approximate surface area is 134 Å². The van der Waals surface area contributed by atoms with Gasteiger partial charge in [0.25, 0.3) is 0 Å². The third kappa shape index (κ3) is 5.24. The van der Waals surface area contributed by atoms with E-state index in [1.165, 1.54) is 18.2 Å². The molecule has 0 amide bonds. The standard InChI is InChI=1S/C7H5ClFI.C7H6ClF/c1-4-2-7(10)6(9)3-5(4)8;1-5-2-3-6(9)4-7(5)8/h2-3H,1H3;2-4H,1H3. The third-order valence-electron chi connectivity index (χ3n) is 2.34. The molecule has 0 fully saturated rings. The Bertz CT molecular complexity index is 536. The maximum absolute atomic E-state index is 12.7. The molecule has 0 N–H and O–H groups in total. The normalized spacial score (nSPS) is 9.84. The summed E-state index contributed by atoms with van der Waals surface area (Å²) < 4.78 is 25.5.